The molecule has 1 saturated heterocycles. The summed E-state index contributed by atoms with van der Waals surface area (Å²) in [5, 5.41) is 15.7. The molecule has 0 saturated carbocycles. The van der Waals surface area contributed by atoms with Crippen molar-refractivity contribution in [3.63, 3.8) is 0 Å². The number of urea groups is 1. The van der Waals surface area contributed by atoms with Crippen LogP contribution >= 0.6 is 0 Å². The molecule has 1 fully saturated rings. The second-order valence-corrected chi connectivity index (χ2v) is 9.12. The Morgan fingerprint density at radius 2 is 1.63 bits per heavy atom. The molecule has 4 rings (SSSR count). The summed E-state index contributed by atoms with van der Waals surface area (Å²) < 4.78 is 5.40. The van der Waals surface area contributed by atoms with Gasteiger partial charge in [-0.3, -0.25) is 15.0 Å². The minimum atomic E-state index is -0.947. The van der Waals surface area contributed by atoms with E-state index in [1.165, 1.54) is 5.56 Å². The highest BCUT2D eigenvalue weighted by molar-refractivity contribution is 5.97. The van der Waals surface area contributed by atoms with Crippen molar-refractivity contribution in [1.29, 1.82) is 0 Å². The third-order valence-electron chi connectivity index (χ3n) is 5.74. The van der Waals surface area contributed by atoms with Gasteiger partial charge in [-0.15, -0.1) is 0 Å². The fourth-order valence-corrected chi connectivity index (χ4v) is 3.85. The van der Waals surface area contributed by atoms with Crippen LogP contribution in [0.5, 0.6) is 5.75 Å². The summed E-state index contributed by atoms with van der Waals surface area (Å²) in [6, 6.07) is 14.5. The van der Waals surface area contributed by atoms with Crippen LogP contribution in [0.1, 0.15) is 41.0 Å². The average Bonchev–Trinajstić information content (AvgIpc) is 2.89. The molecule has 0 atom stereocenters. The first kappa shape index (κ1) is 26.6. The summed E-state index contributed by atoms with van der Waals surface area (Å²) in [7, 11) is 0. The fraction of sp³-hybridized carbons (Fsp3) is 0.286. The van der Waals surface area contributed by atoms with Crippen molar-refractivity contribution < 1.29 is 19.4 Å². The van der Waals surface area contributed by atoms with Crippen LogP contribution < -0.4 is 16.4 Å². The van der Waals surface area contributed by atoms with Gasteiger partial charge in [-0.1, -0.05) is 36.1 Å². The minimum Gasteiger partial charge on any atom is -0.504 e. The molecule has 38 heavy (non-hydrogen) atoms. The molecule has 1 aromatic heterocycles. The Balaban J connectivity index is 1.49. The molecular formula is C28H30N6O4. The third-order valence-corrected chi connectivity index (χ3v) is 5.74. The van der Waals surface area contributed by atoms with Crippen LogP contribution in [0.25, 0.3) is 11.3 Å². The molecule has 10 nitrogen and oxygen atoms in total. The molecule has 1 aliphatic rings. The Morgan fingerprint density at radius 3 is 2.21 bits per heavy atom. The zero-order valence-corrected chi connectivity index (χ0v) is 21.3. The zero-order chi connectivity index (χ0) is 27.1. The number of hydrogen-bond acceptors (Lipinski definition) is 7. The molecule has 2 aromatic carbocycles. The van der Waals surface area contributed by atoms with Crippen LogP contribution in [0.3, 0.4) is 0 Å². The van der Waals surface area contributed by atoms with Gasteiger partial charge in [0.1, 0.15) is 5.69 Å². The summed E-state index contributed by atoms with van der Waals surface area (Å²) in [6.07, 6.45) is 0. The van der Waals surface area contributed by atoms with E-state index in [1.54, 1.807) is 38.1 Å². The lowest BCUT2D eigenvalue weighted by molar-refractivity contribution is 0.0342. The topological polar surface area (TPSA) is 143 Å². The van der Waals surface area contributed by atoms with Gasteiger partial charge in [0, 0.05) is 42.4 Å². The summed E-state index contributed by atoms with van der Waals surface area (Å²) in [4.78, 5) is 34.4. The number of hydrogen-bond donors (Lipinski definition) is 4. The first-order valence-electron chi connectivity index (χ1n) is 12.3. The van der Waals surface area contributed by atoms with E-state index in [0.29, 0.717) is 5.56 Å². The van der Waals surface area contributed by atoms with Gasteiger partial charge >= 0.3 is 6.03 Å². The lowest BCUT2D eigenvalue weighted by atomic mass is 10.1. The van der Waals surface area contributed by atoms with Gasteiger partial charge in [0.2, 0.25) is 5.95 Å². The predicted molar refractivity (Wildman–Crippen MR) is 143 cm³/mol. The number of nitrogens with one attached hydrogen (secondary N) is 2. The van der Waals surface area contributed by atoms with Crippen molar-refractivity contribution in [2.75, 3.05) is 31.6 Å². The number of ether oxygens (including phenoxy) is 1. The minimum absolute atomic E-state index is 0.0593. The predicted octanol–water partition coefficient (Wildman–Crippen LogP) is 2.71. The monoisotopic (exact) mass is 514 g/mol. The maximum absolute atomic E-state index is 12.1. The lowest BCUT2D eigenvalue weighted by Crippen LogP contribution is -2.35. The molecule has 1 aliphatic heterocycles. The van der Waals surface area contributed by atoms with E-state index in [1.807, 2.05) is 12.1 Å². The molecule has 196 valence electrons. The Hall–Kier alpha value is -4.46. The van der Waals surface area contributed by atoms with Crippen LogP contribution in [0.15, 0.2) is 48.5 Å². The Morgan fingerprint density at radius 1 is 1.03 bits per heavy atom. The Labute approximate surface area is 221 Å². The van der Waals surface area contributed by atoms with Gasteiger partial charge in [0.25, 0.3) is 5.91 Å². The fourth-order valence-electron chi connectivity index (χ4n) is 3.85. The van der Waals surface area contributed by atoms with Crippen molar-refractivity contribution >= 4 is 17.9 Å². The van der Waals surface area contributed by atoms with Crippen molar-refractivity contribution in [2.45, 2.75) is 26.4 Å². The number of morpholine rings is 1. The number of carbonyl (C=O) groups is 2. The molecular weight excluding hydrogens is 484 g/mol. The lowest BCUT2D eigenvalue weighted by Gasteiger charge is -2.26. The molecule has 0 unspecified atom stereocenters. The number of aromatic nitrogens is 2. The zero-order valence-electron chi connectivity index (χ0n) is 21.3. The summed E-state index contributed by atoms with van der Waals surface area (Å²) >= 11 is 0. The average molecular weight is 515 g/mol. The van der Waals surface area contributed by atoms with Crippen LogP contribution in [0.4, 0.5) is 10.7 Å². The van der Waals surface area contributed by atoms with E-state index in [-0.39, 0.29) is 17.7 Å². The number of benzene rings is 2. The van der Waals surface area contributed by atoms with Crippen LogP contribution in [0, 0.1) is 11.8 Å². The Kier molecular flexibility index (Phi) is 8.53. The highest BCUT2D eigenvalue weighted by Gasteiger charge is 2.20. The number of primary amides is 1. The molecule has 10 heteroatoms. The quantitative estimate of drug-likeness (QED) is 0.371. The molecule has 0 aliphatic carbocycles. The van der Waals surface area contributed by atoms with Gasteiger partial charge in [0.05, 0.1) is 13.2 Å². The molecule has 0 spiro atoms. The summed E-state index contributed by atoms with van der Waals surface area (Å²) in [5.41, 5.74) is 8.42. The van der Waals surface area contributed by atoms with E-state index < -0.39 is 23.4 Å². The maximum Gasteiger partial charge on any atom is 0.321 e. The second kappa shape index (κ2) is 12.2. The number of nitrogens with zero attached hydrogens (tertiary/aromatic N) is 3. The molecule has 2 heterocycles. The number of carbonyl (C=O) groups excluding carboxylic acids is 2. The van der Waals surface area contributed by atoms with Crippen LogP contribution in [-0.4, -0.2) is 64.3 Å². The smallest absolute Gasteiger partial charge is 0.321 e. The van der Waals surface area contributed by atoms with Crippen LogP contribution in [0.2, 0.25) is 0 Å². The number of anilines is 1. The van der Waals surface area contributed by atoms with Gasteiger partial charge in [-0.2, -0.15) is 0 Å². The molecule has 5 N–H and O–H groups in total. The molecule has 3 amide bonds. The third kappa shape index (κ3) is 7.06. The van der Waals surface area contributed by atoms with E-state index >= 15 is 0 Å². The van der Waals surface area contributed by atoms with Crippen LogP contribution in [-0.2, 0) is 11.3 Å². The SMILES string of the molecule is CC(C)NC(=O)Nc1nc(C(N)=O)c(O)c(-c2ccc(C#Cc3ccc(CN4CCOCC4)cc3)cc2)n1. The van der Waals surface area contributed by atoms with Gasteiger partial charge in [-0.05, 0) is 43.7 Å². The van der Waals surface area contributed by atoms with Gasteiger partial charge < -0.3 is 20.9 Å². The normalized spacial score (nSPS) is 13.4. The number of nitrogens with two attached hydrogens (primary N) is 1. The highest BCUT2D eigenvalue weighted by atomic mass is 16.5. The Bertz CT molecular complexity index is 1360. The molecule has 0 radical (unpaired) electrons. The highest BCUT2D eigenvalue weighted by Crippen LogP contribution is 2.30. The van der Waals surface area contributed by atoms with Crippen molar-refractivity contribution in [3.8, 4) is 28.8 Å². The first-order valence-corrected chi connectivity index (χ1v) is 12.3. The second-order valence-electron chi connectivity index (χ2n) is 9.12. The summed E-state index contributed by atoms with van der Waals surface area (Å²) in [5.74, 6) is 4.71. The first-order chi connectivity index (χ1) is 18.3. The number of rotatable bonds is 6. The van der Waals surface area contributed by atoms with E-state index in [2.05, 4.69) is 49.5 Å². The number of amides is 3. The molecule has 0 bridgehead atoms. The standard InChI is InChI=1S/C28H30N6O4/c1-18(2)30-28(37)33-27-31-23(25(35)24(32-27)26(29)36)22-11-9-20(10-12-22)4-3-19-5-7-21(8-6-19)17-34-13-15-38-16-14-34/h5-12,18,35H,13-17H2,1-2H3,(H2,29,36)(H2,30,31,32,33,37). The van der Waals surface area contributed by atoms with Gasteiger partial charge in [-0.25, -0.2) is 14.8 Å². The van der Waals surface area contributed by atoms with Crippen molar-refractivity contribution in [1.82, 2.24) is 20.2 Å². The largest absolute Gasteiger partial charge is 0.504 e. The molecule has 3 aromatic rings. The van der Waals surface area contributed by atoms with Gasteiger partial charge in [0.15, 0.2) is 11.4 Å². The number of aromatic hydroxyl groups is 1. The summed E-state index contributed by atoms with van der Waals surface area (Å²) in [6.45, 7) is 7.93. The van der Waals surface area contributed by atoms with Crippen molar-refractivity contribution in [2.24, 2.45) is 5.73 Å². The van der Waals surface area contributed by atoms with Crippen molar-refractivity contribution in [3.05, 3.63) is 70.9 Å². The maximum atomic E-state index is 12.1. The van der Waals surface area contributed by atoms with E-state index in [0.717, 1.165) is 44.0 Å². The van der Waals surface area contributed by atoms with E-state index in [9.17, 15) is 14.7 Å². The van der Waals surface area contributed by atoms with E-state index in [4.69, 9.17) is 10.5 Å².